The number of ether oxygens (including phenoxy) is 2. The van der Waals surface area contributed by atoms with Crippen LogP contribution in [0.5, 0.6) is 0 Å². The number of rotatable bonds is 5. The number of aliphatic imine (C=N–C) groups is 1. The van der Waals surface area contributed by atoms with Crippen LogP contribution >= 0.6 is 0 Å². The number of nitro benzene ring substituents is 2. The van der Waals surface area contributed by atoms with Gasteiger partial charge in [0.05, 0.1) is 15.4 Å². The van der Waals surface area contributed by atoms with Gasteiger partial charge in [0.1, 0.15) is 12.7 Å². The molecule has 2 heterocycles. The molecule has 9 nitrogen and oxygen atoms in total. The third kappa shape index (κ3) is 2.89. The zero-order chi connectivity index (χ0) is 20.1. The molecule has 2 aromatic carbocycles. The molecule has 2 aromatic rings. The van der Waals surface area contributed by atoms with E-state index in [1.165, 1.54) is 24.3 Å². The van der Waals surface area contributed by atoms with Crippen LogP contribution in [0.4, 0.5) is 11.4 Å². The fourth-order valence-corrected chi connectivity index (χ4v) is 3.34. The van der Waals surface area contributed by atoms with Crippen molar-refractivity contribution in [1.29, 1.82) is 0 Å². The Balaban J connectivity index is 1.74. The van der Waals surface area contributed by atoms with Gasteiger partial charge < -0.3 is 9.47 Å². The minimum atomic E-state index is -1.00. The molecule has 2 atom stereocenters. The van der Waals surface area contributed by atoms with Crippen molar-refractivity contribution in [3.63, 3.8) is 0 Å². The lowest BCUT2D eigenvalue weighted by molar-refractivity contribution is -0.385. The van der Waals surface area contributed by atoms with Gasteiger partial charge in [-0.2, -0.15) is 0 Å². The molecule has 0 saturated carbocycles. The average molecular weight is 383 g/mol. The Morgan fingerprint density at radius 3 is 1.96 bits per heavy atom. The molecule has 1 fully saturated rings. The van der Waals surface area contributed by atoms with Gasteiger partial charge in [0.2, 0.25) is 5.90 Å². The Labute approximate surface area is 159 Å². The van der Waals surface area contributed by atoms with Crippen molar-refractivity contribution in [2.45, 2.75) is 31.1 Å². The van der Waals surface area contributed by atoms with E-state index >= 15 is 0 Å². The molecule has 4 rings (SSSR count). The highest BCUT2D eigenvalue weighted by Crippen LogP contribution is 2.59. The minimum absolute atomic E-state index is 0.0130. The van der Waals surface area contributed by atoms with Crippen LogP contribution in [0.1, 0.15) is 31.1 Å². The minimum Gasteiger partial charge on any atom is -0.476 e. The van der Waals surface area contributed by atoms with Crippen LogP contribution in [0.25, 0.3) is 0 Å². The molecule has 0 radical (unpaired) electrons. The molecular weight excluding hydrogens is 366 g/mol. The first kappa shape index (κ1) is 18.1. The van der Waals surface area contributed by atoms with Crippen LogP contribution in [0.15, 0.2) is 53.5 Å². The summed E-state index contributed by atoms with van der Waals surface area (Å²) >= 11 is 0. The summed E-state index contributed by atoms with van der Waals surface area (Å²) in [6.45, 7) is 4.27. The largest absolute Gasteiger partial charge is 0.476 e. The van der Waals surface area contributed by atoms with Gasteiger partial charge in [0.15, 0.2) is 5.60 Å². The topological polar surface area (TPSA) is 120 Å². The van der Waals surface area contributed by atoms with E-state index in [0.29, 0.717) is 18.1 Å². The van der Waals surface area contributed by atoms with E-state index in [0.717, 1.165) is 5.56 Å². The van der Waals surface area contributed by atoms with Gasteiger partial charge in [0.25, 0.3) is 11.4 Å². The number of non-ortho nitro benzene ring substituents is 2. The van der Waals surface area contributed by atoms with Crippen LogP contribution in [0, 0.1) is 20.2 Å². The van der Waals surface area contributed by atoms with E-state index in [1.54, 1.807) is 24.3 Å². The van der Waals surface area contributed by atoms with E-state index in [9.17, 15) is 20.2 Å². The monoisotopic (exact) mass is 383 g/mol. The Hall–Kier alpha value is -3.33. The Morgan fingerprint density at radius 1 is 0.964 bits per heavy atom. The molecule has 144 valence electrons. The second kappa shape index (κ2) is 6.10. The molecule has 0 aliphatic carbocycles. The van der Waals surface area contributed by atoms with E-state index < -0.39 is 27.1 Å². The van der Waals surface area contributed by atoms with Crippen molar-refractivity contribution in [2.24, 2.45) is 4.99 Å². The lowest BCUT2D eigenvalue weighted by Gasteiger charge is -2.13. The molecule has 0 bridgehead atoms. The van der Waals surface area contributed by atoms with Crippen LogP contribution < -0.4 is 0 Å². The zero-order valence-corrected chi connectivity index (χ0v) is 15.2. The van der Waals surface area contributed by atoms with Gasteiger partial charge in [-0.3, -0.25) is 20.2 Å². The standard InChI is InChI=1S/C19H17N3O6/c1-18(2)11-27-17(20-18)19(13-5-9-15(10-6-13)22(25)26)16(28-19)12-3-7-14(8-4-12)21(23)24/h3-10,16H,11H2,1-2H3/t16-,19+/m1/s1. The molecule has 2 aliphatic heterocycles. The summed E-state index contributed by atoms with van der Waals surface area (Å²) in [5, 5.41) is 21.9. The molecule has 0 spiro atoms. The van der Waals surface area contributed by atoms with Crippen molar-refractivity contribution in [3.8, 4) is 0 Å². The predicted octanol–water partition coefficient (Wildman–Crippen LogP) is 3.68. The number of hydrogen-bond donors (Lipinski definition) is 0. The number of nitrogens with zero attached hydrogens (tertiary/aromatic N) is 3. The third-order valence-corrected chi connectivity index (χ3v) is 4.81. The Bertz CT molecular complexity index is 984. The fourth-order valence-electron chi connectivity index (χ4n) is 3.34. The van der Waals surface area contributed by atoms with Crippen molar-refractivity contribution >= 4 is 17.3 Å². The lowest BCUT2D eigenvalue weighted by Crippen LogP contribution is -2.23. The number of nitro groups is 2. The first-order valence-electron chi connectivity index (χ1n) is 8.63. The van der Waals surface area contributed by atoms with Crippen LogP contribution in [0.2, 0.25) is 0 Å². The fraction of sp³-hybridized carbons (Fsp3) is 0.316. The van der Waals surface area contributed by atoms with Gasteiger partial charge in [-0.05, 0) is 49.2 Å². The van der Waals surface area contributed by atoms with Crippen LogP contribution in [-0.2, 0) is 15.1 Å². The van der Waals surface area contributed by atoms with Crippen molar-refractivity contribution in [2.75, 3.05) is 6.61 Å². The quantitative estimate of drug-likeness (QED) is 0.441. The molecule has 2 aliphatic rings. The van der Waals surface area contributed by atoms with Gasteiger partial charge in [-0.1, -0.05) is 0 Å². The first-order chi connectivity index (χ1) is 13.2. The van der Waals surface area contributed by atoms with Gasteiger partial charge in [-0.15, -0.1) is 0 Å². The van der Waals surface area contributed by atoms with Crippen molar-refractivity contribution < 1.29 is 19.3 Å². The maximum atomic E-state index is 11.0. The molecular formula is C19H17N3O6. The van der Waals surface area contributed by atoms with E-state index in [2.05, 4.69) is 4.99 Å². The lowest BCUT2D eigenvalue weighted by atomic mass is 9.91. The van der Waals surface area contributed by atoms with Crippen molar-refractivity contribution in [1.82, 2.24) is 0 Å². The third-order valence-electron chi connectivity index (χ3n) is 4.81. The van der Waals surface area contributed by atoms with E-state index in [1.807, 2.05) is 13.8 Å². The molecule has 28 heavy (non-hydrogen) atoms. The summed E-state index contributed by atoms with van der Waals surface area (Å²) in [6, 6.07) is 12.2. The maximum absolute atomic E-state index is 11.0. The summed E-state index contributed by atoms with van der Waals surface area (Å²) in [4.78, 5) is 25.6. The van der Waals surface area contributed by atoms with Crippen molar-refractivity contribution in [3.05, 3.63) is 79.9 Å². The second-order valence-electron chi connectivity index (χ2n) is 7.40. The van der Waals surface area contributed by atoms with E-state index in [4.69, 9.17) is 9.47 Å². The summed E-state index contributed by atoms with van der Waals surface area (Å²) < 4.78 is 11.9. The summed E-state index contributed by atoms with van der Waals surface area (Å²) in [5.74, 6) is 0.412. The Kier molecular flexibility index (Phi) is 3.93. The summed E-state index contributed by atoms with van der Waals surface area (Å²) in [6.07, 6.45) is -0.456. The highest BCUT2D eigenvalue weighted by molar-refractivity contribution is 5.92. The maximum Gasteiger partial charge on any atom is 0.269 e. The zero-order valence-electron chi connectivity index (χ0n) is 15.2. The normalized spacial score (nSPS) is 24.9. The van der Waals surface area contributed by atoms with Crippen LogP contribution in [0.3, 0.4) is 0 Å². The molecule has 1 saturated heterocycles. The second-order valence-corrected chi connectivity index (χ2v) is 7.40. The van der Waals surface area contributed by atoms with Gasteiger partial charge in [0, 0.05) is 24.3 Å². The Morgan fingerprint density at radius 2 is 1.50 bits per heavy atom. The highest BCUT2D eigenvalue weighted by Gasteiger charge is 2.65. The SMILES string of the molecule is CC1(C)COC([C@@]2(c3ccc([N+](=O)[O-])cc3)O[C@@H]2c2ccc([N+](=O)[O-])cc2)=N1. The average Bonchev–Trinajstić information content (AvgIpc) is 3.32. The number of benzene rings is 2. The number of hydrogen-bond acceptors (Lipinski definition) is 7. The number of epoxide rings is 1. The van der Waals surface area contributed by atoms with E-state index in [-0.39, 0.29) is 11.4 Å². The highest BCUT2D eigenvalue weighted by atomic mass is 16.6. The molecule has 0 amide bonds. The molecule has 0 unspecified atom stereocenters. The predicted molar refractivity (Wildman–Crippen MR) is 99.2 cm³/mol. The molecule has 0 N–H and O–H groups in total. The first-order valence-corrected chi connectivity index (χ1v) is 8.63. The smallest absolute Gasteiger partial charge is 0.269 e. The molecule has 0 aromatic heterocycles. The van der Waals surface area contributed by atoms with Gasteiger partial charge >= 0.3 is 0 Å². The molecule has 9 heteroatoms. The van der Waals surface area contributed by atoms with Crippen LogP contribution in [-0.4, -0.2) is 27.9 Å². The summed E-state index contributed by atoms with van der Waals surface area (Å²) in [7, 11) is 0. The van der Waals surface area contributed by atoms with Gasteiger partial charge in [-0.25, -0.2) is 4.99 Å². The summed E-state index contributed by atoms with van der Waals surface area (Å²) in [5.41, 5.74) is -0.0338.